The SMILES string of the molecule is CCC(CC)(CN)C(=O)NCc1oc2ccc(F)cc2c1C. The molecule has 0 atom stereocenters. The van der Waals surface area contributed by atoms with Crippen LogP contribution in [-0.2, 0) is 11.3 Å². The lowest BCUT2D eigenvalue weighted by Gasteiger charge is -2.28. The Morgan fingerprint density at radius 2 is 2.05 bits per heavy atom. The number of carbonyl (C=O) groups excluding carboxylic acids is 1. The predicted molar refractivity (Wildman–Crippen MR) is 84.8 cm³/mol. The van der Waals surface area contributed by atoms with E-state index in [4.69, 9.17) is 10.2 Å². The molecule has 3 N–H and O–H groups in total. The molecule has 0 bridgehead atoms. The van der Waals surface area contributed by atoms with Crippen molar-refractivity contribution in [2.45, 2.75) is 40.2 Å². The number of hydrogen-bond acceptors (Lipinski definition) is 3. The molecule has 0 radical (unpaired) electrons. The summed E-state index contributed by atoms with van der Waals surface area (Å²) < 4.78 is 19.0. The normalized spacial score (nSPS) is 11.9. The Morgan fingerprint density at radius 1 is 1.36 bits per heavy atom. The van der Waals surface area contributed by atoms with Crippen LogP contribution in [-0.4, -0.2) is 12.5 Å². The number of halogens is 1. The molecule has 0 aliphatic carbocycles. The fraction of sp³-hybridized carbons (Fsp3) is 0.471. The van der Waals surface area contributed by atoms with Gasteiger partial charge in [-0.05, 0) is 38.0 Å². The van der Waals surface area contributed by atoms with Crippen LogP contribution in [0.3, 0.4) is 0 Å². The van der Waals surface area contributed by atoms with E-state index < -0.39 is 5.41 Å². The number of rotatable bonds is 6. The third-order valence-corrected chi connectivity index (χ3v) is 4.63. The Labute approximate surface area is 129 Å². The van der Waals surface area contributed by atoms with Crippen molar-refractivity contribution in [3.8, 4) is 0 Å². The number of amides is 1. The van der Waals surface area contributed by atoms with Gasteiger partial charge in [-0.3, -0.25) is 4.79 Å². The maximum atomic E-state index is 13.3. The highest BCUT2D eigenvalue weighted by molar-refractivity contribution is 5.84. The Morgan fingerprint density at radius 3 is 2.64 bits per heavy atom. The molecule has 4 nitrogen and oxygen atoms in total. The highest BCUT2D eigenvalue weighted by atomic mass is 19.1. The molecule has 5 heteroatoms. The van der Waals surface area contributed by atoms with Gasteiger partial charge in [0.05, 0.1) is 12.0 Å². The topological polar surface area (TPSA) is 68.3 Å². The number of furan rings is 1. The van der Waals surface area contributed by atoms with Crippen LogP contribution in [0.25, 0.3) is 11.0 Å². The minimum absolute atomic E-state index is 0.0639. The molecule has 22 heavy (non-hydrogen) atoms. The molecule has 1 aromatic heterocycles. The van der Waals surface area contributed by atoms with Crippen molar-refractivity contribution in [1.82, 2.24) is 5.32 Å². The first-order chi connectivity index (χ1) is 10.5. The molecular weight excluding hydrogens is 283 g/mol. The van der Waals surface area contributed by atoms with Crippen LogP contribution in [0.5, 0.6) is 0 Å². The van der Waals surface area contributed by atoms with Crippen molar-refractivity contribution in [3.05, 3.63) is 35.3 Å². The Kier molecular flexibility index (Phi) is 4.86. The highest BCUT2D eigenvalue weighted by Gasteiger charge is 2.33. The van der Waals surface area contributed by atoms with Gasteiger partial charge in [-0.15, -0.1) is 0 Å². The van der Waals surface area contributed by atoms with E-state index in [1.165, 1.54) is 12.1 Å². The second-order valence-electron chi connectivity index (χ2n) is 5.66. The number of hydrogen-bond donors (Lipinski definition) is 2. The largest absolute Gasteiger partial charge is 0.459 e. The summed E-state index contributed by atoms with van der Waals surface area (Å²) in [7, 11) is 0. The number of aryl methyl sites for hydroxylation is 1. The first-order valence-corrected chi connectivity index (χ1v) is 7.63. The summed E-state index contributed by atoms with van der Waals surface area (Å²) in [5.74, 6) is 0.282. The van der Waals surface area contributed by atoms with E-state index in [-0.39, 0.29) is 18.3 Å². The fourth-order valence-electron chi connectivity index (χ4n) is 2.71. The first-order valence-electron chi connectivity index (χ1n) is 7.63. The molecule has 0 saturated carbocycles. The summed E-state index contributed by atoms with van der Waals surface area (Å²) in [4.78, 5) is 12.4. The molecule has 0 aliphatic heterocycles. The van der Waals surface area contributed by atoms with Crippen molar-refractivity contribution in [3.63, 3.8) is 0 Å². The highest BCUT2D eigenvalue weighted by Crippen LogP contribution is 2.28. The number of nitrogens with two attached hydrogens (primary N) is 1. The van der Waals surface area contributed by atoms with Crippen LogP contribution >= 0.6 is 0 Å². The second-order valence-corrected chi connectivity index (χ2v) is 5.66. The summed E-state index contributed by atoms with van der Waals surface area (Å²) in [5.41, 5.74) is 6.72. The third-order valence-electron chi connectivity index (χ3n) is 4.63. The number of benzene rings is 1. The number of fused-ring (bicyclic) bond motifs is 1. The zero-order chi connectivity index (χ0) is 16.3. The molecule has 0 saturated heterocycles. The van der Waals surface area contributed by atoms with E-state index >= 15 is 0 Å². The molecular formula is C17H23FN2O2. The Balaban J connectivity index is 2.18. The zero-order valence-electron chi connectivity index (χ0n) is 13.3. The van der Waals surface area contributed by atoms with E-state index in [2.05, 4.69) is 5.32 Å². The second kappa shape index (κ2) is 6.48. The molecule has 0 fully saturated rings. The van der Waals surface area contributed by atoms with Gasteiger partial charge in [-0.2, -0.15) is 0 Å². The Hall–Kier alpha value is -1.88. The van der Waals surface area contributed by atoms with Crippen molar-refractivity contribution in [2.24, 2.45) is 11.1 Å². The fourth-order valence-corrected chi connectivity index (χ4v) is 2.71. The summed E-state index contributed by atoms with van der Waals surface area (Å²) in [6, 6.07) is 4.41. The lowest BCUT2D eigenvalue weighted by molar-refractivity contribution is -0.131. The van der Waals surface area contributed by atoms with Crippen LogP contribution in [0.15, 0.2) is 22.6 Å². The maximum Gasteiger partial charge on any atom is 0.227 e. The molecule has 0 aliphatic rings. The molecule has 1 amide bonds. The molecule has 2 aromatic rings. The van der Waals surface area contributed by atoms with Gasteiger partial charge in [0.15, 0.2) is 0 Å². The monoisotopic (exact) mass is 306 g/mol. The van der Waals surface area contributed by atoms with Crippen molar-refractivity contribution in [1.29, 1.82) is 0 Å². The lowest BCUT2D eigenvalue weighted by Crippen LogP contribution is -2.45. The van der Waals surface area contributed by atoms with Crippen LogP contribution in [0, 0.1) is 18.2 Å². The number of carbonyl (C=O) groups is 1. The average Bonchev–Trinajstić information content (AvgIpc) is 2.84. The Bertz CT molecular complexity index is 666. The van der Waals surface area contributed by atoms with Crippen molar-refractivity contribution in [2.75, 3.05) is 6.54 Å². The van der Waals surface area contributed by atoms with Gasteiger partial charge in [-0.1, -0.05) is 13.8 Å². The van der Waals surface area contributed by atoms with Crippen molar-refractivity contribution < 1.29 is 13.6 Å². The smallest absolute Gasteiger partial charge is 0.227 e. The van der Waals surface area contributed by atoms with Gasteiger partial charge in [0.1, 0.15) is 17.2 Å². The standard InChI is InChI=1S/C17H23FN2O2/c1-4-17(5-2,10-19)16(21)20-9-15-11(3)13-8-12(18)6-7-14(13)22-15/h6-8H,4-5,9-10,19H2,1-3H3,(H,20,21). The third kappa shape index (κ3) is 2.86. The first kappa shape index (κ1) is 16.5. The summed E-state index contributed by atoms with van der Waals surface area (Å²) in [6.07, 6.45) is 1.38. The summed E-state index contributed by atoms with van der Waals surface area (Å²) in [5, 5.41) is 3.64. The average molecular weight is 306 g/mol. The van der Waals surface area contributed by atoms with E-state index in [1.54, 1.807) is 6.07 Å². The van der Waals surface area contributed by atoms with E-state index in [9.17, 15) is 9.18 Å². The van der Waals surface area contributed by atoms with Gasteiger partial charge in [0.25, 0.3) is 0 Å². The number of nitrogens with one attached hydrogen (secondary N) is 1. The van der Waals surface area contributed by atoms with E-state index in [0.717, 1.165) is 10.9 Å². The minimum Gasteiger partial charge on any atom is -0.459 e. The minimum atomic E-state index is -0.536. The molecule has 0 spiro atoms. The van der Waals surface area contributed by atoms with E-state index in [1.807, 2.05) is 20.8 Å². The summed E-state index contributed by atoms with van der Waals surface area (Å²) >= 11 is 0. The van der Waals surface area contributed by atoms with E-state index in [0.29, 0.717) is 30.7 Å². The lowest BCUT2D eigenvalue weighted by atomic mass is 9.81. The maximum absolute atomic E-state index is 13.3. The molecule has 1 aromatic carbocycles. The van der Waals surface area contributed by atoms with Crippen molar-refractivity contribution >= 4 is 16.9 Å². The van der Waals surface area contributed by atoms with Gasteiger partial charge in [0.2, 0.25) is 5.91 Å². The predicted octanol–water partition coefficient (Wildman–Crippen LogP) is 3.26. The van der Waals surface area contributed by atoms with Crippen LogP contribution < -0.4 is 11.1 Å². The molecule has 120 valence electrons. The van der Waals surface area contributed by atoms with Gasteiger partial charge in [-0.25, -0.2) is 4.39 Å². The zero-order valence-corrected chi connectivity index (χ0v) is 13.3. The quantitative estimate of drug-likeness (QED) is 0.860. The summed E-state index contributed by atoms with van der Waals surface area (Å²) in [6.45, 7) is 6.39. The van der Waals surface area contributed by atoms with Crippen LogP contribution in [0.1, 0.15) is 38.0 Å². The molecule has 2 rings (SSSR count). The van der Waals surface area contributed by atoms with Gasteiger partial charge in [0, 0.05) is 17.5 Å². The van der Waals surface area contributed by atoms with Crippen LogP contribution in [0.4, 0.5) is 4.39 Å². The molecule has 1 heterocycles. The molecule has 0 unspecified atom stereocenters. The van der Waals surface area contributed by atoms with Gasteiger partial charge < -0.3 is 15.5 Å². The van der Waals surface area contributed by atoms with Crippen LogP contribution in [0.2, 0.25) is 0 Å². The van der Waals surface area contributed by atoms with Gasteiger partial charge >= 0.3 is 0 Å².